The van der Waals surface area contributed by atoms with E-state index in [1.165, 1.54) is 0 Å². The monoisotopic (exact) mass is 212 g/mol. The molecule has 0 amide bonds. The van der Waals surface area contributed by atoms with Crippen molar-refractivity contribution >= 4 is 23.2 Å². The third kappa shape index (κ3) is 3.62. The van der Waals surface area contributed by atoms with Crippen molar-refractivity contribution < 1.29 is 0 Å². The highest BCUT2D eigenvalue weighted by Gasteiger charge is 1.96. The Morgan fingerprint density at radius 3 is 2.64 bits per heavy atom. The first kappa shape index (κ1) is 10.8. The number of hydrogen-bond acceptors (Lipinski definition) is 4. The first-order chi connectivity index (χ1) is 6.72. The average Bonchev–Trinajstić information content (AvgIpc) is 2.16. The van der Waals surface area contributed by atoms with Gasteiger partial charge in [0.05, 0.1) is 18.9 Å². The topological polar surface area (TPSA) is 49.8 Å². The van der Waals surface area contributed by atoms with E-state index in [1.807, 2.05) is 6.92 Å². The van der Waals surface area contributed by atoms with E-state index in [4.69, 9.17) is 11.6 Å². The van der Waals surface area contributed by atoms with E-state index in [-0.39, 0.29) is 0 Å². The number of hydrogen-bond donors (Lipinski definition) is 2. The van der Waals surface area contributed by atoms with Crippen LogP contribution < -0.4 is 10.6 Å². The number of nitrogens with one attached hydrogen (secondary N) is 2. The van der Waals surface area contributed by atoms with Gasteiger partial charge in [0.2, 0.25) is 0 Å². The summed E-state index contributed by atoms with van der Waals surface area (Å²) in [6.07, 6.45) is 3.31. The van der Waals surface area contributed by atoms with Crippen LogP contribution in [0.3, 0.4) is 0 Å². The van der Waals surface area contributed by atoms with E-state index in [0.717, 1.165) is 12.4 Å². The van der Waals surface area contributed by atoms with Crippen molar-refractivity contribution in [3.05, 3.63) is 24.0 Å². The number of aromatic nitrogens is 2. The second-order valence-electron chi connectivity index (χ2n) is 2.69. The summed E-state index contributed by atoms with van der Waals surface area (Å²) in [4.78, 5) is 8.27. The van der Waals surface area contributed by atoms with E-state index in [2.05, 4.69) is 27.2 Å². The first-order valence-electron chi connectivity index (χ1n) is 4.35. The molecule has 0 saturated carbocycles. The molecule has 0 radical (unpaired) electrons. The number of nitrogens with zero attached hydrogens (tertiary/aromatic N) is 2. The standard InChI is InChI=1S/C9H13ClN4/c1-3-12-8-5-11-6-9(14-8)13-4-7(2)10/h5-6H,2-4H2,1H3,(H2,12,13,14). The van der Waals surface area contributed by atoms with Gasteiger partial charge in [0.1, 0.15) is 11.6 Å². The van der Waals surface area contributed by atoms with Gasteiger partial charge in [-0.05, 0) is 6.92 Å². The van der Waals surface area contributed by atoms with Gasteiger partial charge in [-0.15, -0.1) is 0 Å². The van der Waals surface area contributed by atoms with Crippen LogP contribution in [0, 0.1) is 0 Å². The average molecular weight is 213 g/mol. The predicted octanol–water partition coefficient (Wildman–Crippen LogP) is 2.07. The molecule has 4 nitrogen and oxygen atoms in total. The molecule has 1 aromatic rings. The molecule has 0 unspecified atom stereocenters. The summed E-state index contributed by atoms with van der Waals surface area (Å²) in [6, 6.07) is 0. The highest BCUT2D eigenvalue weighted by Crippen LogP contribution is 2.07. The second kappa shape index (κ2) is 5.44. The SMILES string of the molecule is C=C(Cl)CNc1cncc(NCC)n1. The summed E-state index contributed by atoms with van der Waals surface area (Å²) in [5.74, 6) is 1.43. The van der Waals surface area contributed by atoms with Crippen LogP contribution in [0.2, 0.25) is 0 Å². The number of anilines is 2. The molecule has 5 heteroatoms. The van der Waals surface area contributed by atoms with Crippen molar-refractivity contribution in [3.63, 3.8) is 0 Å². The minimum atomic E-state index is 0.492. The summed E-state index contributed by atoms with van der Waals surface area (Å²) >= 11 is 5.61. The van der Waals surface area contributed by atoms with Gasteiger partial charge < -0.3 is 10.6 Å². The lowest BCUT2D eigenvalue weighted by molar-refractivity contribution is 1.11. The highest BCUT2D eigenvalue weighted by atomic mass is 35.5. The van der Waals surface area contributed by atoms with Crippen LogP contribution in [-0.2, 0) is 0 Å². The maximum atomic E-state index is 5.61. The minimum absolute atomic E-state index is 0.492. The fourth-order valence-electron chi connectivity index (χ4n) is 0.904. The van der Waals surface area contributed by atoms with Crippen molar-refractivity contribution in [1.29, 1.82) is 0 Å². The molecule has 0 aromatic carbocycles. The van der Waals surface area contributed by atoms with Crippen molar-refractivity contribution in [2.75, 3.05) is 23.7 Å². The third-order valence-electron chi connectivity index (χ3n) is 1.45. The molecular weight excluding hydrogens is 200 g/mol. The van der Waals surface area contributed by atoms with Gasteiger partial charge in [-0.3, -0.25) is 4.98 Å². The summed E-state index contributed by atoms with van der Waals surface area (Å²) in [5.41, 5.74) is 0. The predicted molar refractivity (Wildman–Crippen MR) is 59.7 cm³/mol. The van der Waals surface area contributed by atoms with Crippen LogP contribution in [0.5, 0.6) is 0 Å². The zero-order valence-corrected chi connectivity index (χ0v) is 8.80. The largest absolute Gasteiger partial charge is 0.369 e. The normalized spacial score (nSPS) is 9.57. The Bertz CT molecular complexity index is 313. The van der Waals surface area contributed by atoms with Crippen LogP contribution in [0.25, 0.3) is 0 Å². The van der Waals surface area contributed by atoms with Gasteiger partial charge in [0.25, 0.3) is 0 Å². The molecule has 0 aliphatic carbocycles. The molecule has 2 N–H and O–H groups in total. The van der Waals surface area contributed by atoms with Gasteiger partial charge in [-0.25, -0.2) is 4.98 Å². The lowest BCUT2D eigenvalue weighted by atomic mass is 10.5. The van der Waals surface area contributed by atoms with Crippen molar-refractivity contribution in [1.82, 2.24) is 9.97 Å². The van der Waals surface area contributed by atoms with Crippen LogP contribution in [0.1, 0.15) is 6.92 Å². The molecule has 1 rings (SSSR count). The Morgan fingerprint density at radius 2 is 2.07 bits per heavy atom. The van der Waals surface area contributed by atoms with E-state index in [1.54, 1.807) is 12.4 Å². The number of rotatable bonds is 5. The van der Waals surface area contributed by atoms with Gasteiger partial charge in [0, 0.05) is 11.6 Å². The van der Waals surface area contributed by atoms with Crippen molar-refractivity contribution in [2.24, 2.45) is 0 Å². The number of halogens is 1. The Kier molecular flexibility index (Phi) is 4.19. The van der Waals surface area contributed by atoms with Crippen LogP contribution >= 0.6 is 11.6 Å². The van der Waals surface area contributed by atoms with Crippen LogP contribution in [-0.4, -0.2) is 23.1 Å². The van der Waals surface area contributed by atoms with E-state index >= 15 is 0 Å². The Hall–Kier alpha value is -1.29. The molecule has 1 heterocycles. The lowest BCUT2D eigenvalue weighted by Crippen LogP contribution is -2.06. The van der Waals surface area contributed by atoms with Gasteiger partial charge in [-0.1, -0.05) is 18.2 Å². The quantitative estimate of drug-likeness (QED) is 0.785. The smallest absolute Gasteiger partial charge is 0.147 e. The summed E-state index contributed by atoms with van der Waals surface area (Å²) in [6.45, 7) is 6.88. The Balaban J connectivity index is 2.58. The second-order valence-corrected chi connectivity index (χ2v) is 3.23. The maximum Gasteiger partial charge on any atom is 0.147 e. The minimum Gasteiger partial charge on any atom is -0.369 e. The molecule has 1 aromatic heterocycles. The fourth-order valence-corrected chi connectivity index (χ4v) is 0.971. The molecule has 0 fully saturated rings. The molecule has 0 atom stereocenters. The van der Waals surface area contributed by atoms with Crippen LogP contribution in [0.4, 0.5) is 11.6 Å². The molecule has 0 aliphatic heterocycles. The van der Waals surface area contributed by atoms with E-state index in [0.29, 0.717) is 17.4 Å². The highest BCUT2D eigenvalue weighted by molar-refractivity contribution is 6.29. The lowest BCUT2D eigenvalue weighted by Gasteiger charge is -2.06. The molecule has 14 heavy (non-hydrogen) atoms. The molecule has 0 aliphatic rings. The summed E-state index contributed by atoms with van der Waals surface area (Å²) < 4.78 is 0. The molecule has 0 spiro atoms. The first-order valence-corrected chi connectivity index (χ1v) is 4.73. The fraction of sp³-hybridized carbons (Fsp3) is 0.333. The molecule has 0 bridgehead atoms. The van der Waals surface area contributed by atoms with Crippen molar-refractivity contribution in [2.45, 2.75) is 6.92 Å². The van der Waals surface area contributed by atoms with Crippen molar-refractivity contribution in [3.8, 4) is 0 Å². The van der Waals surface area contributed by atoms with E-state index in [9.17, 15) is 0 Å². The maximum absolute atomic E-state index is 5.61. The molecular formula is C9H13ClN4. The van der Waals surface area contributed by atoms with Gasteiger partial charge in [-0.2, -0.15) is 0 Å². The zero-order chi connectivity index (χ0) is 10.4. The van der Waals surface area contributed by atoms with E-state index < -0.39 is 0 Å². The van der Waals surface area contributed by atoms with Gasteiger partial charge in [0.15, 0.2) is 0 Å². The summed E-state index contributed by atoms with van der Waals surface area (Å²) in [7, 11) is 0. The van der Waals surface area contributed by atoms with Gasteiger partial charge >= 0.3 is 0 Å². The Morgan fingerprint density at radius 1 is 1.43 bits per heavy atom. The molecule has 0 saturated heterocycles. The Labute approximate surface area is 88.4 Å². The third-order valence-corrected chi connectivity index (χ3v) is 1.59. The van der Waals surface area contributed by atoms with Crippen LogP contribution in [0.15, 0.2) is 24.0 Å². The summed E-state index contributed by atoms with van der Waals surface area (Å²) in [5, 5.41) is 6.61. The molecule has 76 valence electrons. The zero-order valence-electron chi connectivity index (χ0n) is 8.05.